The van der Waals surface area contributed by atoms with Gasteiger partial charge in [-0.2, -0.15) is 0 Å². The lowest BCUT2D eigenvalue weighted by atomic mass is 10.1. The number of hydrogen-bond acceptors (Lipinski definition) is 3. The summed E-state index contributed by atoms with van der Waals surface area (Å²) in [7, 11) is 0. The molecule has 0 aromatic heterocycles. The molecule has 1 aromatic carbocycles. The molecule has 2 rings (SSSR count). The molecule has 1 saturated heterocycles. The second kappa shape index (κ2) is 6.95. The van der Waals surface area contributed by atoms with Crippen LogP contribution in [0.15, 0.2) is 24.3 Å². The Bertz CT molecular complexity index is 471. The van der Waals surface area contributed by atoms with Crippen molar-refractivity contribution in [3.05, 3.63) is 35.4 Å². The summed E-state index contributed by atoms with van der Waals surface area (Å²) in [6, 6.07) is 5.92. The van der Waals surface area contributed by atoms with E-state index in [4.69, 9.17) is 5.11 Å². The minimum Gasteiger partial charge on any atom is -0.480 e. The summed E-state index contributed by atoms with van der Waals surface area (Å²) in [5.41, 5.74) is 1.04. The molecule has 1 heterocycles. The first-order chi connectivity index (χ1) is 9.97. The minimum atomic E-state index is -2.43. The summed E-state index contributed by atoms with van der Waals surface area (Å²) in [5, 5.41) is 8.99. The molecule has 0 spiro atoms. The number of halogens is 2. The van der Waals surface area contributed by atoms with Crippen molar-refractivity contribution in [2.24, 2.45) is 0 Å². The summed E-state index contributed by atoms with van der Waals surface area (Å²) in [6.07, 6.45) is -2.43. The highest BCUT2D eigenvalue weighted by molar-refractivity contribution is 5.72. The van der Waals surface area contributed by atoms with Crippen molar-refractivity contribution in [2.75, 3.05) is 26.2 Å². The van der Waals surface area contributed by atoms with E-state index in [1.54, 1.807) is 19.1 Å². The molecule has 1 N–H and O–H groups in total. The number of benzene rings is 1. The first-order valence-electron chi connectivity index (χ1n) is 7.03. The maximum absolute atomic E-state index is 12.5. The number of alkyl halides is 2. The number of hydrogen-bond donors (Lipinski definition) is 1. The van der Waals surface area contributed by atoms with Crippen molar-refractivity contribution >= 4 is 5.97 Å². The van der Waals surface area contributed by atoms with Crippen LogP contribution < -0.4 is 0 Å². The number of carboxylic acid groups (broad SMARTS) is 1. The second-order valence-corrected chi connectivity index (χ2v) is 5.37. The van der Waals surface area contributed by atoms with E-state index in [2.05, 4.69) is 4.90 Å². The predicted molar refractivity (Wildman–Crippen MR) is 75.3 cm³/mol. The average Bonchev–Trinajstić information content (AvgIpc) is 2.47. The molecule has 21 heavy (non-hydrogen) atoms. The Morgan fingerprint density at radius 2 is 1.76 bits per heavy atom. The number of nitrogens with zero attached hydrogens (tertiary/aromatic N) is 2. The van der Waals surface area contributed by atoms with Gasteiger partial charge in [-0.3, -0.25) is 14.6 Å². The smallest absolute Gasteiger partial charge is 0.320 e. The van der Waals surface area contributed by atoms with E-state index in [9.17, 15) is 13.6 Å². The van der Waals surface area contributed by atoms with E-state index in [1.165, 1.54) is 12.1 Å². The molecule has 0 aliphatic carbocycles. The topological polar surface area (TPSA) is 43.8 Å². The molecule has 1 aliphatic rings. The van der Waals surface area contributed by atoms with Crippen LogP contribution in [0.3, 0.4) is 0 Å². The monoisotopic (exact) mass is 298 g/mol. The Hall–Kier alpha value is -1.53. The molecule has 116 valence electrons. The third-order valence-electron chi connectivity index (χ3n) is 3.95. The second-order valence-electron chi connectivity index (χ2n) is 5.37. The molecule has 1 atom stereocenters. The zero-order valence-electron chi connectivity index (χ0n) is 12.0. The largest absolute Gasteiger partial charge is 0.480 e. The van der Waals surface area contributed by atoms with E-state index in [1.807, 2.05) is 4.90 Å². The number of aliphatic carboxylic acids is 1. The molecular weight excluding hydrogens is 278 g/mol. The predicted octanol–water partition coefficient (Wildman–Crippen LogP) is 2.21. The van der Waals surface area contributed by atoms with E-state index in [0.29, 0.717) is 19.6 Å². The standard InChI is InChI=1S/C15H20F2N2O2/c1-11(15(20)21)19-8-6-18(7-9-19)10-12-2-4-13(5-3-12)14(16)17/h2-5,11,14H,6-10H2,1H3,(H,20,21). The average molecular weight is 298 g/mol. The molecule has 4 nitrogen and oxygen atoms in total. The summed E-state index contributed by atoms with van der Waals surface area (Å²) >= 11 is 0. The van der Waals surface area contributed by atoms with Crippen molar-refractivity contribution < 1.29 is 18.7 Å². The van der Waals surface area contributed by atoms with Crippen molar-refractivity contribution in [1.82, 2.24) is 9.80 Å². The van der Waals surface area contributed by atoms with Gasteiger partial charge >= 0.3 is 5.97 Å². The van der Waals surface area contributed by atoms with Gasteiger partial charge in [0.05, 0.1) is 0 Å². The van der Waals surface area contributed by atoms with Gasteiger partial charge in [0.25, 0.3) is 6.43 Å². The fourth-order valence-corrected chi connectivity index (χ4v) is 2.49. The van der Waals surface area contributed by atoms with Gasteiger partial charge in [0.1, 0.15) is 6.04 Å². The number of rotatable bonds is 5. The molecule has 1 aromatic rings. The molecule has 0 bridgehead atoms. The van der Waals surface area contributed by atoms with Gasteiger partial charge in [-0.1, -0.05) is 24.3 Å². The molecule has 1 aliphatic heterocycles. The SMILES string of the molecule is CC(C(=O)O)N1CCN(Cc2ccc(C(F)F)cc2)CC1. The highest BCUT2D eigenvalue weighted by Gasteiger charge is 2.24. The van der Waals surface area contributed by atoms with Gasteiger partial charge in [-0.05, 0) is 12.5 Å². The van der Waals surface area contributed by atoms with Crippen LogP contribution in [-0.4, -0.2) is 53.1 Å². The molecule has 0 radical (unpaired) electrons. The summed E-state index contributed by atoms with van der Waals surface area (Å²) in [5.74, 6) is -0.800. The molecule has 0 saturated carbocycles. The van der Waals surface area contributed by atoms with Gasteiger partial charge in [-0.25, -0.2) is 8.78 Å². The fraction of sp³-hybridized carbons (Fsp3) is 0.533. The number of carbonyl (C=O) groups is 1. The minimum absolute atomic E-state index is 0.0406. The highest BCUT2D eigenvalue weighted by atomic mass is 19.3. The molecule has 0 amide bonds. The van der Waals surface area contributed by atoms with Crippen LogP contribution in [0, 0.1) is 0 Å². The van der Waals surface area contributed by atoms with Gasteiger partial charge in [-0.15, -0.1) is 0 Å². The quantitative estimate of drug-likeness (QED) is 0.905. The van der Waals surface area contributed by atoms with Gasteiger partial charge in [0.2, 0.25) is 0 Å². The maximum atomic E-state index is 12.5. The summed E-state index contributed by atoms with van der Waals surface area (Å²) in [4.78, 5) is 15.1. The Morgan fingerprint density at radius 3 is 2.24 bits per heavy atom. The fourth-order valence-electron chi connectivity index (χ4n) is 2.49. The first-order valence-corrected chi connectivity index (χ1v) is 7.03. The normalized spacial score (nSPS) is 18.9. The van der Waals surface area contributed by atoms with Crippen LogP contribution >= 0.6 is 0 Å². The first kappa shape index (κ1) is 15.9. The third kappa shape index (κ3) is 4.22. The number of carboxylic acids is 1. The van der Waals surface area contributed by atoms with Crippen molar-refractivity contribution in [3.8, 4) is 0 Å². The van der Waals surface area contributed by atoms with Crippen molar-refractivity contribution in [1.29, 1.82) is 0 Å². The zero-order chi connectivity index (χ0) is 15.4. The van der Waals surface area contributed by atoms with E-state index in [-0.39, 0.29) is 5.56 Å². The molecule has 6 heteroatoms. The lowest BCUT2D eigenvalue weighted by Gasteiger charge is -2.36. The van der Waals surface area contributed by atoms with Crippen molar-refractivity contribution in [3.63, 3.8) is 0 Å². The Morgan fingerprint density at radius 1 is 1.19 bits per heavy atom. The lowest BCUT2D eigenvalue weighted by Crippen LogP contribution is -2.51. The van der Waals surface area contributed by atoms with E-state index >= 15 is 0 Å². The van der Waals surface area contributed by atoms with E-state index < -0.39 is 18.4 Å². The van der Waals surface area contributed by atoms with Crippen LogP contribution in [0.4, 0.5) is 8.78 Å². The van der Waals surface area contributed by atoms with Gasteiger partial charge < -0.3 is 5.11 Å². The van der Waals surface area contributed by atoms with Gasteiger partial charge in [0, 0.05) is 38.3 Å². The molecular formula is C15H20F2N2O2. The van der Waals surface area contributed by atoms with Crippen LogP contribution in [0.25, 0.3) is 0 Å². The lowest BCUT2D eigenvalue weighted by molar-refractivity contribution is -0.143. The Balaban J connectivity index is 1.84. The van der Waals surface area contributed by atoms with Crippen LogP contribution in [0.5, 0.6) is 0 Å². The molecule has 1 fully saturated rings. The Labute approximate surface area is 123 Å². The van der Waals surface area contributed by atoms with Crippen molar-refractivity contribution in [2.45, 2.75) is 25.9 Å². The Kier molecular flexibility index (Phi) is 5.25. The summed E-state index contributed by atoms with van der Waals surface area (Å²) < 4.78 is 25.0. The van der Waals surface area contributed by atoms with Crippen LogP contribution in [-0.2, 0) is 11.3 Å². The third-order valence-corrected chi connectivity index (χ3v) is 3.95. The van der Waals surface area contributed by atoms with Gasteiger partial charge in [0.15, 0.2) is 0 Å². The molecule has 1 unspecified atom stereocenters. The van der Waals surface area contributed by atoms with Crippen LogP contribution in [0.2, 0.25) is 0 Å². The van der Waals surface area contributed by atoms with Crippen LogP contribution in [0.1, 0.15) is 24.5 Å². The zero-order valence-corrected chi connectivity index (χ0v) is 12.0. The number of piperazine rings is 1. The highest BCUT2D eigenvalue weighted by Crippen LogP contribution is 2.19. The van der Waals surface area contributed by atoms with E-state index in [0.717, 1.165) is 18.7 Å². The summed E-state index contributed by atoms with van der Waals surface area (Å²) in [6.45, 7) is 5.40. The maximum Gasteiger partial charge on any atom is 0.320 e.